The van der Waals surface area contributed by atoms with Crippen molar-refractivity contribution in [2.75, 3.05) is 20.7 Å². The van der Waals surface area contributed by atoms with Crippen molar-refractivity contribution in [2.45, 2.75) is 17.9 Å². The highest BCUT2D eigenvalue weighted by Crippen LogP contribution is 2.30. The van der Waals surface area contributed by atoms with Crippen molar-refractivity contribution in [2.24, 2.45) is 5.92 Å². The van der Waals surface area contributed by atoms with Gasteiger partial charge in [-0.1, -0.05) is 29.8 Å². The van der Waals surface area contributed by atoms with Crippen molar-refractivity contribution in [3.8, 4) is 5.75 Å². The number of nitrogens with zero attached hydrogens (tertiary/aromatic N) is 1. The number of hydrogen-bond donors (Lipinski definition) is 1. The quantitative estimate of drug-likeness (QED) is 0.824. The van der Waals surface area contributed by atoms with Crippen molar-refractivity contribution >= 4 is 27.5 Å². The van der Waals surface area contributed by atoms with E-state index in [1.807, 2.05) is 0 Å². The number of ether oxygens (including phenoxy) is 1. The van der Waals surface area contributed by atoms with Gasteiger partial charge in [-0.25, -0.2) is 12.7 Å². The minimum Gasteiger partial charge on any atom is -0.492 e. The van der Waals surface area contributed by atoms with E-state index in [-0.39, 0.29) is 29.9 Å². The van der Waals surface area contributed by atoms with Crippen molar-refractivity contribution in [1.82, 2.24) is 9.62 Å². The van der Waals surface area contributed by atoms with Crippen LogP contribution < -0.4 is 10.1 Å². The van der Waals surface area contributed by atoms with E-state index < -0.39 is 10.0 Å². The van der Waals surface area contributed by atoms with Crippen LogP contribution in [0.25, 0.3) is 0 Å². The highest BCUT2D eigenvalue weighted by Gasteiger charge is 2.27. The lowest BCUT2D eigenvalue weighted by Crippen LogP contribution is -2.37. The standard InChI is InChI=1S/C19H21ClN2O4S/c1-22(2)27(24,25)18-6-4-3-5-13(18)11-21-19(23)15-9-14-10-16(20)7-8-17(14)26-12-15/h3-8,10,15H,9,11-12H2,1-2H3,(H,21,23). The predicted octanol–water partition coefficient (Wildman–Crippen LogP) is 2.46. The van der Waals surface area contributed by atoms with E-state index >= 15 is 0 Å². The number of benzene rings is 2. The molecule has 144 valence electrons. The van der Waals surface area contributed by atoms with Crippen LogP contribution in [0.5, 0.6) is 5.75 Å². The Bertz CT molecular complexity index is 960. The first-order valence-electron chi connectivity index (χ1n) is 8.48. The Balaban J connectivity index is 1.71. The smallest absolute Gasteiger partial charge is 0.242 e. The van der Waals surface area contributed by atoms with E-state index in [1.54, 1.807) is 42.5 Å². The number of hydrogen-bond acceptors (Lipinski definition) is 4. The fourth-order valence-corrected chi connectivity index (χ4v) is 4.27. The van der Waals surface area contributed by atoms with Crippen LogP contribution in [0, 0.1) is 5.92 Å². The summed E-state index contributed by atoms with van der Waals surface area (Å²) >= 11 is 6.01. The van der Waals surface area contributed by atoms with E-state index in [1.165, 1.54) is 14.1 Å². The van der Waals surface area contributed by atoms with Crippen molar-refractivity contribution in [1.29, 1.82) is 0 Å². The van der Waals surface area contributed by atoms with E-state index in [0.717, 1.165) is 15.6 Å². The predicted molar refractivity (Wildman–Crippen MR) is 103 cm³/mol. The van der Waals surface area contributed by atoms with Gasteiger partial charge in [-0.2, -0.15) is 0 Å². The zero-order valence-electron chi connectivity index (χ0n) is 15.1. The molecule has 0 radical (unpaired) electrons. The maximum absolute atomic E-state index is 12.6. The lowest BCUT2D eigenvalue weighted by Gasteiger charge is -2.25. The largest absolute Gasteiger partial charge is 0.492 e. The number of amides is 1. The Morgan fingerprint density at radius 2 is 2.00 bits per heavy atom. The van der Waals surface area contributed by atoms with Gasteiger partial charge in [0.2, 0.25) is 15.9 Å². The molecule has 1 atom stereocenters. The van der Waals surface area contributed by atoms with Gasteiger partial charge in [0.25, 0.3) is 0 Å². The van der Waals surface area contributed by atoms with Gasteiger partial charge >= 0.3 is 0 Å². The summed E-state index contributed by atoms with van der Waals surface area (Å²) in [5, 5.41) is 3.43. The molecule has 2 aromatic rings. The van der Waals surface area contributed by atoms with Crippen LogP contribution in [0.3, 0.4) is 0 Å². The third-order valence-electron chi connectivity index (χ3n) is 4.48. The van der Waals surface area contributed by atoms with Crippen LogP contribution >= 0.6 is 11.6 Å². The number of halogens is 1. The molecule has 2 aromatic carbocycles. The molecular formula is C19H21ClN2O4S. The third-order valence-corrected chi connectivity index (χ3v) is 6.63. The number of carbonyl (C=O) groups is 1. The number of rotatable bonds is 5. The average Bonchev–Trinajstić information content (AvgIpc) is 2.65. The molecule has 0 saturated carbocycles. The molecule has 6 nitrogen and oxygen atoms in total. The Morgan fingerprint density at radius 1 is 1.26 bits per heavy atom. The second-order valence-electron chi connectivity index (χ2n) is 6.58. The molecule has 1 unspecified atom stereocenters. The zero-order chi connectivity index (χ0) is 19.6. The molecule has 1 aliphatic rings. The Morgan fingerprint density at radius 3 is 2.74 bits per heavy atom. The average molecular weight is 409 g/mol. The van der Waals surface area contributed by atoms with Crippen molar-refractivity contribution in [3.63, 3.8) is 0 Å². The van der Waals surface area contributed by atoms with E-state index in [9.17, 15) is 13.2 Å². The fourth-order valence-electron chi connectivity index (χ4n) is 2.96. The van der Waals surface area contributed by atoms with Gasteiger partial charge in [0.15, 0.2) is 0 Å². The van der Waals surface area contributed by atoms with Gasteiger partial charge in [0, 0.05) is 25.7 Å². The van der Waals surface area contributed by atoms with Crippen LogP contribution in [0.2, 0.25) is 5.02 Å². The van der Waals surface area contributed by atoms with Crippen molar-refractivity contribution in [3.05, 3.63) is 58.6 Å². The number of sulfonamides is 1. The maximum atomic E-state index is 12.6. The molecule has 0 spiro atoms. The molecule has 0 fully saturated rings. The summed E-state index contributed by atoms with van der Waals surface area (Å²) in [4.78, 5) is 12.8. The van der Waals surface area contributed by atoms with Crippen LogP contribution in [0.15, 0.2) is 47.4 Å². The lowest BCUT2D eigenvalue weighted by atomic mass is 9.96. The summed E-state index contributed by atoms with van der Waals surface area (Å²) < 4.78 is 31.7. The van der Waals surface area contributed by atoms with Crippen LogP contribution in [-0.2, 0) is 27.8 Å². The van der Waals surface area contributed by atoms with E-state index in [4.69, 9.17) is 16.3 Å². The number of fused-ring (bicyclic) bond motifs is 1. The highest BCUT2D eigenvalue weighted by atomic mass is 35.5. The summed E-state index contributed by atoms with van der Waals surface area (Å²) in [5.74, 6) is 0.206. The van der Waals surface area contributed by atoms with Gasteiger partial charge in [-0.3, -0.25) is 4.79 Å². The lowest BCUT2D eigenvalue weighted by molar-refractivity contribution is -0.126. The second-order valence-corrected chi connectivity index (χ2v) is 9.13. The summed E-state index contributed by atoms with van der Waals surface area (Å²) in [6, 6.07) is 12.0. The topological polar surface area (TPSA) is 75.7 Å². The van der Waals surface area contributed by atoms with Crippen LogP contribution in [0.4, 0.5) is 0 Å². The van der Waals surface area contributed by atoms with Gasteiger partial charge in [0.1, 0.15) is 12.4 Å². The SMILES string of the molecule is CN(C)S(=O)(=O)c1ccccc1CNC(=O)C1COc2ccc(Cl)cc2C1. The summed E-state index contributed by atoms with van der Waals surface area (Å²) in [7, 11) is -0.625. The summed E-state index contributed by atoms with van der Waals surface area (Å²) in [5.41, 5.74) is 1.43. The normalized spacial score (nSPS) is 16.5. The molecule has 27 heavy (non-hydrogen) atoms. The zero-order valence-corrected chi connectivity index (χ0v) is 16.7. The summed E-state index contributed by atoms with van der Waals surface area (Å²) in [6.07, 6.45) is 0.527. The molecule has 1 N–H and O–H groups in total. The maximum Gasteiger partial charge on any atom is 0.242 e. The second kappa shape index (κ2) is 7.88. The molecule has 0 saturated heterocycles. The van der Waals surface area contributed by atoms with Crippen LogP contribution in [-0.4, -0.2) is 39.3 Å². The van der Waals surface area contributed by atoms with Gasteiger partial charge < -0.3 is 10.1 Å². The fraction of sp³-hybridized carbons (Fsp3) is 0.316. The molecule has 1 heterocycles. The highest BCUT2D eigenvalue weighted by molar-refractivity contribution is 7.89. The first-order valence-corrected chi connectivity index (χ1v) is 10.3. The summed E-state index contributed by atoms with van der Waals surface area (Å²) in [6.45, 7) is 0.402. The molecular weight excluding hydrogens is 388 g/mol. The van der Waals surface area contributed by atoms with E-state index in [0.29, 0.717) is 17.0 Å². The molecule has 3 rings (SSSR count). The third kappa shape index (κ3) is 4.26. The Labute approximate surface area is 164 Å². The van der Waals surface area contributed by atoms with Crippen molar-refractivity contribution < 1.29 is 17.9 Å². The van der Waals surface area contributed by atoms with Gasteiger partial charge in [0.05, 0.1) is 10.8 Å². The molecule has 8 heteroatoms. The monoisotopic (exact) mass is 408 g/mol. The molecule has 0 aromatic heterocycles. The number of nitrogens with one attached hydrogen (secondary N) is 1. The molecule has 0 aliphatic carbocycles. The molecule has 1 aliphatic heterocycles. The first kappa shape index (κ1) is 19.7. The van der Waals surface area contributed by atoms with E-state index in [2.05, 4.69) is 5.32 Å². The minimum atomic E-state index is -3.58. The Kier molecular flexibility index (Phi) is 5.74. The minimum absolute atomic E-state index is 0.126. The molecule has 1 amide bonds. The van der Waals surface area contributed by atoms with Gasteiger partial charge in [-0.15, -0.1) is 0 Å². The Hall–Kier alpha value is -2.09. The number of carbonyl (C=O) groups excluding carboxylic acids is 1. The molecule has 0 bridgehead atoms. The van der Waals surface area contributed by atoms with Crippen LogP contribution in [0.1, 0.15) is 11.1 Å². The first-order chi connectivity index (χ1) is 12.8. The van der Waals surface area contributed by atoms with Gasteiger partial charge in [-0.05, 0) is 41.8 Å².